The van der Waals surface area contributed by atoms with Gasteiger partial charge in [0.05, 0.1) is 13.2 Å². The highest BCUT2D eigenvalue weighted by Gasteiger charge is 2.30. The number of fused-ring (bicyclic) bond motifs is 1. The van der Waals surface area contributed by atoms with Crippen LogP contribution in [0, 0.1) is 5.92 Å². The lowest BCUT2D eigenvalue weighted by molar-refractivity contribution is -0.141. The van der Waals surface area contributed by atoms with E-state index in [1.165, 1.54) is 10.4 Å². The van der Waals surface area contributed by atoms with E-state index in [0.29, 0.717) is 45.9 Å². The Kier molecular flexibility index (Phi) is 6.49. The molecule has 3 amide bonds. The number of ether oxygens (including phenoxy) is 1. The fourth-order valence-corrected chi connectivity index (χ4v) is 5.19. The molecule has 7 nitrogen and oxygen atoms in total. The Morgan fingerprint density at radius 3 is 2.68 bits per heavy atom. The number of rotatable bonds is 4. The van der Waals surface area contributed by atoms with E-state index >= 15 is 0 Å². The van der Waals surface area contributed by atoms with Crippen LogP contribution >= 0.6 is 11.3 Å². The lowest BCUT2D eigenvalue weighted by Gasteiger charge is -2.35. The van der Waals surface area contributed by atoms with Crippen LogP contribution in [0.1, 0.15) is 23.3 Å². The number of likely N-dealkylation sites (tertiary alicyclic amines) is 1. The molecule has 0 atom stereocenters. The summed E-state index contributed by atoms with van der Waals surface area (Å²) >= 11 is 1.85. The summed E-state index contributed by atoms with van der Waals surface area (Å²) in [4.78, 5) is 32.7. The zero-order valence-corrected chi connectivity index (χ0v) is 17.2. The Balaban J connectivity index is 1.15. The van der Waals surface area contributed by atoms with E-state index in [0.717, 1.165) is 38.9 Å². The topological polar surface area (TPSA) is 65.1 Å². The van der Waals surface area contributed by atoms with Gasteiger partial charge in [-0.3, -0.25) is 9.69 Å². The summed E-state index contributed by atoms with van der Waals surface area (Å²) in [7, 11) is 0. The predicted octanol–water partition coefficient (Wildman–Crippen LogP) is 1.39. The summed E-state index contributed by atoms with van der Waals surface area (Å²) in [5, 5.41) is 5.23. The maximum absolute atomic E-state index is 12.6. The van der Waals surface area contributed by atoms with Gasteiger partial charge >= 0.3 is 6.03 Å². The van der Waals surface area contributed by atoms with Crippen molar-refractivity contribution in [3.63, 3.8) is 0 Å². The van der Waals surface area contributed by atoms with Crippen molar-refractivity contribution in [2.45, 2.75) is 25.8 Å². The van der Waals surface area contributed by atoms with Crippen LogP contribution < -0.4 is 5.32 Å². The molecule has 0 radical (unpaired) electrons. The first-order valence-corrected chi connectivity index (χ1v) is 11.3. The first-order valence-electron chi connectivity index (χ1n) is 10.4. The van der Waals surface area contributed by atoms with Gasteiger partial charge in [-0.05, 0) is 36.3 Å². The van der Waals surface area contributed by atoms with Gasteiger partial charge < -0.3 is 19.9 Å². The first-order chi connectivity index (χ1) is 13.7. The average molecular weight is 407 g/mol. The molecule has 0 aliphatic carbocycles. The minimum Gasteiger partial charge on any atom is -0.378 e. The van der Waals surface area contributed by atoms with Gasteiger partial charge in [0.15, 0.2) is 0 Å². The molecule has 1 aromatic rings. The van der Waals surface area contributed by atoms with Crippen molar-refractivity contribution >= 4 is 23.3 Å². The van der Waals surface area contributed by atoms with Gasteiger partial charge in [-0.1, -0.05) is 0 Å². The Morgan fingerprint density at radius 1 is 1.11 bits per heavy atom. The largest absolute Gasteiger partial charge is 0.378 e. The maximum atomic E-state index is 12.6. The maximum Gasteiger partial charge on any atom is 0.317 e. The van der Waals surface area contributed by atoms with Crippen molar-refractivity contribution in [3.8, 4) is 0 Å². The molecule has 1 aromatic heterocycles. The van der Waals surface area contributed by atoms with Crippen molar-refractivity contribution < 1.29 is 14.3 Å². The van der Waals surface area contributed by atoms with Crippen LogP contribution in [0.4, 0.5) is 4.79 Å². The normalized spacial score (nSPS) is 21.4. The molecule has 4 rings (SSSR count). The number of hydrogen-bond acceptors (Lipinski definition) is 5. The molecule has 3 aliphatic rings. The zero-order chi connectivity index (χ0) is 19.3. The highest BCUT2D eigenvalue weighted by molar-refractivity contribution is 7.10. The molecule has 2 saturated heterocycles. The van der Waals surface area contributed by atoms with Crippen LogP contribution in [0.2, 0.25) is 0 Å². The van der Waals surface area contributed by atoms with Crippen LogP contribution in [-0.2, 0) is 22.5 Å². The van der Waals surface area contributed by atoms with E-state index in [1.807, 2.05) is 21.1 Å². The third-order valence-electron chi connectivity index (χ3n) is 6.05. The van der Waals surface area contributed by atoms with Gasteiger partial charge in [-0.15, -0.1) is 11.3 Å². The highest BCUT2D eigenvalue weighted by Crippen LogP contribution is 2.23. The number of piperidine rings is 1. The number of morpholine rings is 1. The molecule has 3 aliphatic heterocycles. The second-order valence-corrected chi connectivity index (χ2v) is 8.83. The summed E-state index contributed by atoms with van der Waals surface area (Å²) in [5.41, 5.74) is 1.44. The molecule has 28 heavy (non-hydrogen) atoms. The summed E-state index contributed by atoms with van der Waals surface area (Å²) in [6.07, 6.45) is 2.64. The monoisotopic (exact) mass is 406 g/mol. The molecule has 2 fully saturated rings. The van der Waals surface area contributed by atoms with Gasteiger partial charge in [-0.2, -0.15) is 0 Å². The van der Waals surface area contributed by atoms with Crippen LogP contribution in [0.3, 0.4) is 0 Å². The molecule has 0 spiro atoms. The second kappa shape index (κ2) is 9.24. The number of amides is 3. The summed E-state index contributed by atoms with van der Waals surface area (Å²) in [6.45, 7) is 7.60. The molecule has 0 saturated carbocycles. The van der Waals surface area contributed by atoms with E-state index in [1.54, 1.807) is 0 Å². The van der Waals surface area contributed by atoms with E-state index < -0.39 is 0 Å². The van der Waals surface area contributed by atoms with Crippen LogP contribution in [0.5, 0.6) is 0 Å². The quantitative estimate of drug-likeness (QED) is 0.821. The van der Waals surface area contributed by atoms with Crippen molar-refractivity contribution in [1.29, 1.82) is 0 Å². The minimum atomic E-state index is 0.00510. The highest BCUT2D eigenvalue weighted by atomic mass is 32.1. The summed E-state index contributed by atoms with van der Waals surface area (Å²) in [6, 6.07) is 2.22. The van der Waals surface area contributed by atoms with Gasteiger partial charge in [0.2, 0.25) is 5.91 Å². The number of thiophene rings is 1. The number of carbonyl (C=O) groups is 2. The molecule has 4 heterocycles. The lowest BCUT2D eigenvalue weighted by Crippen LogP contribution is -2.50. The Morgan fingerprint density at radius 2 is 1.89 bits per heavy atom. The Hall–Kier alpha value is -1.64. The number of carbonyl (C=O) groups excluding carboxylic acids is 2. The third kappa shape index (κ3) is 4.67. The van der Waals surface area contributed by atoms with Crippen LogP contribution in [0.15, 0.2) is 11.4 Å². The second-order valence-electron chi connectivity index (χ2n) is 7.83. The number of urea groups is 1. The van der Waals surface area contributed by atoms with Crippen molar-refractivity contribution in [3.05, 3.63) is 21.9 Å². The molecule has 0 aromatic carbocycles. The Labute approximate surface area is 170 Å². The van der Waals surface area contributed by atoms with Crippen molar-refractivity contribution in [2.75, 3.05) is 59.0 Å². The molecular formula is C20H30N4O3S. The van der Waals surface area contributed by atoms with E-state index in [9.17, 15) is 9.59 Å². The van der Waals surface area contributed by atoms with Gasteiger partial charge in [0.1, 0.15) is 0 Å². The van der Waals surface area contributed by atoms with E-state index in [-0.39, 0.29) is 17.9 Å². The predicted molar refractivity (Wildman–Crippen MR) is 108 cm³/mol. The fraction of sp³-hybridized carbons (Fsp3) is 0.700. The van der Waals surface area contributed by atoms with Gasteiger partial charge in [0, 0.05) is 63.2 Å². The molecular weight excluding hydrogens is 376 g/mol. The van der Waals surface area contributed by atoms with Crippen molar-refractivity contribution in [1.82, 2.24) is 20.0 Å². The smallest absolute Gasteiger partial charge is 0.317 e. The number of hydrogen-bond donors (Lipinski definition) is 1. The Bertz CT molecular complexity index is 681. The molecule has 1 N–H and O–H groups in total. The molecule has 0 unspecified atom stereocenters. The van der Waals surface area contributed by atoms with Crippen LogP contribution in [0.25, 0.3) is 0 Å². The first kappa shape index (κ1) is 19.7. The standard InChI is InChI=1S/C20H30N4O3S/c25-19(23-10-12-27-13-11-23)16-1-7-24(8-2-16)20(26)21-5-9-22-6-3-18-17(15-22)4-14-28-18/h4,14,16H,1-3,5-13,15H2,(H,21,26). The lowest BCUT2D eigenvalue weighted by atomic mass is 9.95. The third-order valence-corrected chi connectivity index (χ3v) is 7.07. The molecule has 154 valence electrons. The van der Waals surface area contributed by atoms with Crippen molar-refractivity contribution in [2.24, 2.45) is 5.92 Å². The van der Waals surface area contributed by atoms with Crippen LogP contribution in [-0.4, -0.2) is 85.7 Å². The SMILES string of the molecule is O=C(NCCN1CCc2sccc2C1)N1CCC(C(=O)N2CCOCC2)CC1. The molecule has 8 heteroatoms. The summed E-state index contributed by atoms with van der Waals surface area (Å²) in [5.74, 6) is 0.288. The minimum absolute atomic E-state index is 0.00510. The number of nitrogens with zero attached hydrogens (tertiary/aromatic N) is 3. The zero-order valence-electron chi connectivity index (χ0n) is 16.4. The van der Waals surface area contributed by atoms with Gasteiger partial charge in [0.25, 0.3) is 0 Å². The van der Waals surface area contributed by atoms with E-state index in [2.05, 4.69) is 21.7 Å². The van der Waals surface area contributed by atoms with E-state index in [4.69, 9.17) is 4.74 Å². The summed E-state index contributed by atoms with van der Waals surface area (Å²) < 4.78 is 5.32. The van der Waals surface area contributed by atoms with Gasteiger partial charge in [-0.25, -0.2) is 4.79 Å². The number of nitrogens with one attached hydrogen (secondary N) is 1. The fourth-order valence-electron chi connectivity index (χ4n) is 4.30. The molecule has 0 bridgehead atoms. The average Bonchev–Trinajstić information content (AvgIpc) is 3.22.